The fourth-order valence-corrected chi connectivity index (χ4v) is 1.69. The summed E-state index contributed by atoms with van der Waals surface area (Å²) in [6, 6.07) is 2.27. The largest absolute Gasteiger partial charge is 0.376 e. The third-order valence-electron chi connectivity index (χ3n) is 2.64. The van der Waals surface area contributed by atoms with Crippen LogP contribution in [0.25, 0.3) is 0 Å². The normalized spacial score (nSPS) is 26.1. The number of rotatable bonds is 4. The van der Waals surface area contributed by atoms with Crippen LogP contribution in [-0.2, 0) is 9.53 Å². The summed E-state index contributed by atoms with van der Waals surface area (Å²) in [5.74, 6) is -0.0174. The van der Waals surface area contributed by atoms with E-state index in [2.05, 4.69) is 17.1 Å². The van der Waals surface area contributed by atoms with E-state index in [-0.39, 0.29) is 18.1 Å². The summed E-state index contributed by atoms with van der Waals surface area (Å²) in [4.78, 5) is 13.6. The van der Waals surface area contributed by atoms with Crippen molar-refractivity contribution in [3.05, 3.63) is 0 Å². The van der Waals surface area contributed by atoms with Crippen molar-refractivity contribution in [2.75, 3.05) is 26.2 Å². The molecular formula is C11H19N3O2. The van der Waals surface area contributed by atoms with Gasteiger partial charge in [0, 0.05) is 19.1 Å². The molecule has 90 valence electrons. The van der Waals surface area contributed by atoms with Gasteiger partial charge in [-0.05, 0) is 13.8 Å². The molecule has 16 heavy (non-hydrogen) atoms. The number of nitriles is 1. The first-order valence-electron chi connectivity index (χ1n) is 5.62. The molecule has 1 aliphatic rings. The van der Waals surface area contributed by atoms with E-state index in [0.717, 1.165) is 6.54 Å². The maximum Gasteiger partial charge on any atom is 0.234 e. The lowest BCUT2D eigenvalue weighted by Crippen LogP contribution is -2.51. The van der Waals surface area contributed by atoms with E-state index in [1.807, 2.05) is 13.0 Å². The molecule has 2 atom stereocenters. The quantitative estimate of drug-likeness (QED) is 0.690. The number of ether oxygens (including phenoxy) is 1. The maximum absolute atomic E-state index is 11.5. The summed E-state index contributed by atoms with van der Waals surface area (Å²) < 4.78 is 5.48. The number of amides is 1. The predicted octanol–water partition coefficient (Wildman–Crippen LogP) is 0.125. The molecule has 1 fully saturated rings. The van der Waals surface area contributed by atoms with Crippen molar-refractivity contribution in [1.82, 2.24) is 10.2 Å². The highest BCUT2D eigenvalue weighted by atomic mass is 16.5. The first-order valence-corrected chi connectivity index (χ1v) is 5.62. The fraction of sp³-hybridized carbons (Fsp3) is 0.818. The number of carbonyl (C=O) groups excluding carboxylic acids is 1. The van der Waals surface area contributed by atoms with Gasteiger partial charge in [-0.1, -0.05) is 0 Å². The second-order valence-corrected chi connectivity index (χ2v) is 4.18. The zero-order chi connectivity index (χ0) is 12.0. The van der Waals surface area contributed by atoms with E-state index in [9.17, 15) is 4.79 Å². The molecule has 0 aromatic heterocycles. The standard InChI is InChI=1S/C11H19N3O2/c1-9-8-16-10(2)6-14(9)7-11(15)13-5-3-4-12/h9-10H,3,5-8H2,1-2H3,(H,13,15)/t9-,10+/m0/s1. The van der Waals surface area contributed by atoms with Crippen molar-refractivity contribution in [1.29, 1.82) is 5.26 Å². The second kappa shape index (κ2) is 6.46. The van der Waals surface area contributed by atoms with Crippen LogP contribution in [0.4, 0.5) is 0 Å². The Labute approximate surface area is 96.4 Å². The van der Waals surface area contributed by atoms with Crippen LogP contribution in [-0.4, -0.2) is 49.2 Å². The zero-order valence-corrected chi connectivity index (χ0v) is 9.90. The molecule has 0 aliphatic carbocycles. The monoisotopic (exact) mass is 225 g/mol. The molecule has 0 aromatic rings. The molecule has 1 aliphatic heterocycles. The van der Waals surface area contributed by atoms with Crippen molar-refractivity contribution < 1.29 is 9.53 Å². The second-order valence-electron chi connectivity index (χ2n) is 4.18. The van der Waals surface area contributed by atoms with Gasteiger partial charge in [0.2, 0.25) is 5.91 Å². The van der Waals surface area contributed by atoms with E-state index < -0.39 is 0 Å². The van der Waals surface area contributed by atoms with Gasteiger partial charge in [-0.15, -0.1) is 0 Å². The van der Waals surface area contributed by atoms with Crippen molar-refractivity contribution in [2.24, 2.45) is 0 Å². The molecular weight excluding hydrogens is 206 g/mol. The molecule has 0 aromatic carbocycles. The Morgan fingerprint density at radius 2 is 2.38 bits per heavy atom. The number of nitrogens with one attached hydrogen (secondary N) is 1. The summed E-state index contributed by atoms with van der Waals surface area (Å²) in [5.41, 5.74) is 0. The third-order valence-corrected chi connectivity index (χ3v) is 2.64. The number of hydrogen-bond donors (Lipinski definition) is 1. The Morgan fingerprint density at radius 1 is 1.62 bits per heavy atom. The van der Waals surface area contributed by atoms with Crippen molar-refractivity contribution in [3.63, 3.8) is 0 Å². The van der Waals surface area contributed by atoms with E-state index in [1.165, 1.54) is 0 Å². The third kappa shape index (κ3) is 4.17. The summed E-state index contributed by atoms with van der Waals surface area (Å²) in [6.07, 6.45) is 0.545. The topological polar surface area (TPSA) is 65.4 Å². The zero-order valence-electron chi connectivity index (χ0n) is 9.90. The summed E-state index contributed by atoms with van der Waals surface area (Å²) in [6.45, 7) is 6.34. The Kier molecular flexibility index (Phi) is 5.23. The molecule has 1 heterocycles. The molecule has 0 spiro atoms. The summed E-state index contributed by atoms with van der Waals surface area (Å²) in [7, 11) is 0. The maximum atomic E-state index is 11.5. The van der Waals surface area contributed by atoms with Crippen LogP contribution in [0.1, 0.15) is 20.3 Å². The van der Waals surface area contributed by atoms with E-state index in [4.69, 9.17) is 10.00 Å². The van der Waals surface area contributed by atoms with Gasteiger partial charge >= 0.3 is 0 Å². The molecule has 1 saturated heterocycles. The van der Waals surface area contributed by atoms with Gasteiger partial charge < -0.3 is 10.1 Å². The SMILES string of the molecule is C[C@@H]1CN(CC(=O)NCCC#N)[C@@H](C)CO1. The first-order chi connectivity index (χ1) is 7.63. The highest BCUT2D eigenvalue weighted by Crippen LogP contribution is 2.10. The average Bonchev–Trinajstić information content (AvgIpc) is 2.24. The Bertz CT molecular complexity index is 275. The number of carbonyl (C=O) groups is 1. The molecule has 1 rings (SSSR count). The van der Waals surface area contributed by atoms with Crippen LogP contribution in [0, 0.1) is 11.3 Å². The van der Waals surface area contributed by atoms with Gasteiger partial charge in [0.05, 0.1) is 31.7 Å². The van der Waals surface area contributed by atoms with Gasteiger partial charge in [0.1, 0.15) is 0 Å². The number of hydrogen-bond acceptors (Lipinski definition) is 4. The molecule has 0 bridgehead atoms. The Balaban J connectivity index is 2.29. The van der Waals surface area contributed by atoms with Crippen LogP contribution in [0.2, 0.25) is 0 Å². The molecule has 5 nitrogen and oxygen atoms in total. The van der Waals surface area contributed by atoms with Crippen LogP contribution in [0.5, 0.6) is 0 Å². The van der Waals surface area contributed by atoms with Crippen molar-refractivity contribution in [2.45, 2.75) is 32.4 Å². The Morgan fingerprint density at radius 3 is 3.06 bits per heavy atom. The minimum atomic E-state index is -0.0174. The van der Waals surface area contributed by atoms with Gasteiger partial charge in [0.15, 0.2) is 0 Å². The molecule has 0 radical (unpaired) electrons. The van der Waals surface area contributed by atoms with Crippen molar-refractivity contribution >= 4 is 5.91 Å². The molecule has 1 N–H and O–H groups in total. The van der Waals surface area contributed by atoms with Crippen LogP contribution < -0.4 is 5.32 Å². The highest BCUT2D eigenvalue weighted by molar-refractivity contribution is 5.78. The van der Waals surface area contributed by atoms with Crippen LogP contribution in [0.15, 0.2) is 0 Å². The highest BCUT2D eigenvalue weighted by Gasteiger charge is 2.24. The number of morpholine rings is 1. The average molecular weight is 225 g/mol. The molecule has 0 saturated carbocycles. The van der Waals surface area contributed by atoms with E-state index in [1.54, 1.807) is 0 Å². The van der Waals surface area contributed by atoms with E-state index >= 15 is 0 Å². The minimum absolute atomic E-state index is 0.0174. The lowest BCUT2D eigenvalue weighted by Gasteiger charge is -2.36. The first kappa shape index (κ1) is 12.9. The molecule has 1 amide bonds. The lowest BCUT2D eigenvalue weighted by molar-refractivity contribution is -0.125. The van der Waals surface area contributed by atoms with Gasteiger partial charge in [-0.2, -0.15) is 5.26 Å². The smallest absolute Gasteiger partial charge is 0.234 e. The minimum Gasteiger partial charge on any atom is -0.376 e. The number of nitrogens with zero attached hydrogens (tertiary/aromatic N) is 2. The van der Waals surface area contributed by atoms with Crippen LogP contribution >= 0.6 is 0 Å². The summed E-state index contributed by atoms with van der Waals surface area (Å²) in [5, 5.41) is 11.1. The van der Waals surface area contributed by atoms with Gasteiger partial charge in [0.25, 0.3) is 0 Å². The van der Waals surface area contributed by atoms with Crippen molar-refractivity contribution in [3.8, 4) is 6.07 Å². The Hall–Kier alpha value is -1.12. The van der Waals surface area contributed by atoms with Gasteiger partial charge in [-0.3, -0.25) is 9.69 Å². The van der Waals surface area contributed by atoms with Gasteiger partial charge in [-0.25, -0.2) is 0 Å². The molecule has 5 heteroatoms. The van der Waals surface area contributed by atoms with E-state index in [0.29, 0.717) is 26.1 Å². The summed E-state index contributed by atoms with van der Waals surface area (Å²) >= 11 is 0. The predicted molar refractivity (Wildman–Crippen MR) is 59.7 cm³/mol. The molecule has 0 unspecified atom stereocenters. The van der Waals surface area contributed by atoms with Crippen LogP contribution in [0.3, 0.4) is 0 Å². The fourth-order valence-electron chi connectivity index (χ4n) is 1.69. The lowest BCUT2D eigenvalue weighted by atomic mass is 10.2.